The molecule has 0 bridgehead atoms. The van der Waals surface area contributed by atoms with E-state index >= 15 is 0 Å². The van der Waals surface area contributed by atoms with Crippen LogP contribution in [-0.2, 0) is 0 Å². The number of pyridine rings is 1. The maximum absolute atomic E-state index is 5.01. The molecule has 3 heterocycles. The first-order valence-electron chi connectivity index (χ1n) is 16.8. The second-order valence-electron chi connectivity index (χ2n) is 12.2. The zero-order chi connectivity index (χ0) is 34.0. The molecule has 0 saturated heterocycles. The van der Waals surface area contributed by atoms with Gasteiger partial charge in [-0.15, -0.1) is 0 Å². The van der Waals surface area contributed by atoms with Gasteiger partial charge in [-0.05, 0) is 58.7 Å². The Bertz CT molecular complexity index is 2530. The summed E-state index contributed by atoms with van der Waals surface area (Å²) in [5.74, 6) is 2.76. The molecule has 6 aromatic carbocycles. The molecule has 6 nitrogen and oxygen atoms in total. The highest BCUT2D eigenvalue weighted by Crippen LogP contribution is 2.33. The van der Waals surface area contributed by atoms with E-state index in [-0.39, 0.29) is 0 Å². The lowest BCUT2D eigenvalue weighted by atomic mass is 9.99. The number of para-hydroxylation sites is 1. The lowest BCUT2D eigenvalue weighted by Gasteiger charge is -2.10. The maximum Gasteiger partial charge on any atom is 0.164 e. The van der Waals surface area contributed by atoms with Crippen molar-refractivity contribution < 1.29 is 0 Å². The summed E-state index contributed by atoms with van der Waals surface area (Å²) < 4.78 is 2.19. The van der Waals surface area contributed by atoms with E-state index in [2.05, 4.69) is 88.4 Å². The van der Waals surface area contributed by atoms with E-state index < -0.39 is 0 Å². The lowest BCUT2D eigenvalue weighted by molar-refractivity contribution is 1.07. The summed E-state index contributed by atoms with van der Waals surface area (Å²) in [7, 11) is 0. The molecule has 0 N–H and O–H groups in total. The van der Waals surface area contributed by atoms with Crippen molar-refractivity contribution in [3.63, 3.8) is 0 Å². The van der Waals surface area contributed by atoms with E-state index in [0.29, 0.717) is 17.5 Å². The smallest absolute Gasteiger partial charge is 0.164 e. The Hall–Kier alpha value is -7.05. The van der Waals surface area contributed by atoms with Crippen molar-refractivity contribution in [1.29, 1.82) is 0 Å². The van der Waals surface area contributed by atoms with Gasteiger partial charge in [-0.1, -0.05) is 140 Å². The fraction of sp³-hybridized carbons (Fsp3) is 0. The van der Waals surface area contributed by atoms with E-state index in [9.17, 15) is 0 Å². The first-order valence-corrected chi connectivity index (χ1v) is 16.8. The molecule has 0 aliphatic carbocycles. The van der Waals surface area contributed by atoms with Crippen LogP contribution in [0, 0.1) is 0 Å². The van der Waals surface area contributed by atoms with Gasteiger partial charge in [0.25, 0.3) is 0 Å². The summed E-state index contributed by atoms with van der Waals surface area (Å²) in [6.45, 7) is 0. The van der Waals surface area contributed by atoms with Crippen molar-refractivity contribution in [2.45, 2.75) is 0 Å². The number of hydrogen-bond acceptors (Lipinski definition) is 5. The van der Waals surface area contributed by atoms with Crippen molar-refractivity contribution in [2.75, 3.05) is 0 Å². The predicted molar refractivity (Wildman–Crippen MR) is 205 cm³/mol. The number of hydrogen-bond donors (Lipinski definition) is 0. The Morgan fingerprint density at radius 2 is 0.804 bits per heavy atom. The molecule has 0 radical (unpaired) electrons. The van der Waals surface area contributed by atoms with Gasteiger partial charge >= 0.3 is 0 Å². The molecule has 9 rings (SSSR count). The summed E-state index contributed by atoms with van der Waals surface area (Å²) in [5.41, 5.74) is 11.2. The van der Waals surface area contributed by atoms with E-state index in [0.717, 1.165) is 67.2 Å². The molecule has 240 valence electrons. The minimum atomic E-state index is 0.640. The van der Waals surface area contributed by atoms with Crippen LogP contribution < -0.4 is 0 Å². The molecule has 6 heteroatoms. The zero-order valence-electron chi connectivity index (χ0n) is 27.5. The Labute approximate surface area is 295 Å². The molecular formula is C45H30N6. The molecule has 0 unspecified atom stereocenters. The van der Waals surface area contributed by atoms with Gasteiger partial charge in [0, 0.05) is 28.6 Å². The van der Waals surface area contributed by atoms with Crippen LogP contribution in [0.2, 0.25) is 0 Å². The Kier molecular flexibility index (Phi) is 7.72. The van der Waals surface area contributed by atoms with Gasteiger partial charge in [-0.25, -0.2) is 19.9 Å². The van der Waals surface area contributed by atoms with Crippen molar-refractivity contribution in [2.24, 2.45) is 0 Å². The van der Waals surface area contributed by atoms with Gasteiger partial charge < -0.3 is 0 Å². The Balaban J connectivity index is 1.03. The van der Waals surface area contributed by atoms with Crippen LogP contribution in [0.3, 0.4) is 0 Å². The van der Waals surface area contributed by atoms with Crippen molar-refractivity contribution in [1.82, 2.24) is 29.5 Å². The SMILES string of the molecule is c1ccc(-c2nc(-c3ccccc3)nc(-c3ccc(-c4ccc(-c5ccc6nc(-c7ccccn7)n(-c7ccccc7)c6c5)cc4)cc3)n2)cc1. The molecule has 0 atom stereocenters. The van der Waals surface area contributed by atoms with Crippen LogP contribution in [-0.4, -0.2) is 29.5 Å². The summed E-state index contributed by atoms with van der Waals surface area (Å²) >= 11 is 0. The first-order chi connectivity index (χ1) is 25.3. The van der Waals surface area contributed by atoms with E-state index in [4.69, 9.17) is 19.9 Å². The minimum Gasteiger partial charge on any atom is -0.291 e. The highest BCUT2D eigenvalue weighted by molar-refractivity contribution is 5.87. The van der Waals surface area contributed by atoms with Gasteiger partial charge in [-0.3, -0.25) is 9.55 Å². The van der Waals surface area contributed by atoms with Gasteiger partial charge in [0.1, 0.15) is 5.69 Å². The lowest BCUT2D eigenvalue weighted by Crippen LogP contribution is -2.00. The molecule has 9 aromatic rings. The fourth-order valence-corrected chi connectivity index (χ4v) is 6.36. The van der Waals surface area contributed by atoms with E-state index in [1.165, 1.54) is 0 Å². The number of rotatable bonds is 7. The third-order valence-electron chi connectivity index (χ3n) is 8.96. The average Bonchev–Trinajstić information content (AvgIpc) is 3.61. The topological polar surface area (TPSA) is 69.4 Å². The molecule has 0 fully saturated rings. The normalized spacial score (nSPS) is 11.1. The van der Waals surface area contributed by atoms with Crippen molar-refractivity contribution in [3.05, 3.63) is 182 Å². The molecule has 0 spiro atoms. The summed E-state index contributed by atoms with van der Waals surface area (Å²) in [4.78, 5) is 24.2. The second-order valence-corrected chi connectivity index (χ2v) is 12.2. The van der Waals surface area contributed by atoms with Crippen LogP contribution >= 0.6 is 0 Å². The second kappa shape index (κ2) is 13.1. The summed E-state index contributed by atoms with van der Waals surface area (Å²) in [6, 6.07) is 59.9. The summed E-state index contributed by atoms with van der Waals surface area (Å²) in [5, 5.41) is 0. The van der Waals surface area contributed by atoms with Crippen LogP contribution in [0.25, 0.3) is 84.7 Å². The highest BCUT2D eigenvalue weighted by atomic mass is 15.1. The molecule has 51 heavy (non-hydrogen) atoms. The van der Waals surface area contributed by atoms with E-state index in [1.54, 1.807) is 6.20 Å². The van der Waals surface area contributed by atoms with E-state index in [1.807, 2.05) is 97.1 Å². The number of benzene rings is 6. The number of imidazole rings is 1. The molecular weight excluding hydrogens is 625 g/mol. The molecule has 0 saturated carbocycles. The molecule has 0 aliphatic rings. The Morgan fingerprint density at radius 1 is 0.353 bits per heavy atom. The van der Waals surface area contributed by atoms with Crippen molar-refractivity contribution in [3.8, 4) is 73.6 Å². The van der Waals surface area contributed by atoms with Crippen LogP contribution in [0.15, 0.2) is 182 Å². The third kappa shape index (κ3) is 5.96. The van der Waals surface area contributed by atoms with Gasteiger partial charge in [0.05, 0.1) is 11.0 Å². The zero-order valence-corrected chi connectivity index (χ0v) is 27.5. The van der Waals surface area contributed by atoms with Gasteiger partial charge in [0.15, 0.2) is 23.3 Å². The molecule has 0 amide bonds. The largest absolute Gasteiger partial charge is 0.291 e. The molecule has 3 aromatic heterocycles. The Morgan fingerprint density at radius 3 is 1.33 bits per heavy atom. The minimum absolute atomic E-state index is 0.640. The number of aromatic nitrogens is 6. The van der Waals surface area contributed by atoms with Gasteiger partial charge in [0.2, 0.25) is 0 Å². The number of nitrogens with zero attached hydrogens (tertiary/aromatic N) is 6. The third-order valence-corrected chi connectivity index (χ3v) is 8.96. The standard InChI is InChI=1S/C45H30N6/c1-4-12-34(13-5-1)42-48-43(35-14-6-2-7-15-35)50-44(49-42)36-25-23-32(24-26-36)31-19-21-33(22-20-31)37-27-28-39-41(30-37)51(38-16-8-3-9-17-38)45(47-39)40-18-10-11-29-46-40/h1-30H. The summed E-state index contributed by atoms with van der Waals surface area (Å²) in [6.07, 6.45) is 1.81. The monoisotopic (exact) mass is 654 g/mol. The van der Waals surface area contributed by atoms with Crippen molar-refractivity contribution >= 4 is 11.0 Å². The predicted octanol–water partition coefficient (Wildman–Crippen LogP) is 10.6. The van der Waals surface area contributed by atoms with Crippen LogP contribution in [0.4, 0.5) is 0 Å². The average molecular weight is 655 g/mol. The first kappa shape index (κ1) is 30.0. The van der Waals surface area contributed by atoms with Crippen LogP contribution in [0.5, 0.6) is 0 Å². The highest BCUT2D eigenvalue weighted by Gasteiger charge is 2.17. The fourth-order valence-electron chi connectivity index (χ4n) is 6.36. The van der Waals surface area contributed by atoms with Gasteiger partial charge in [-0.2, -0.15) is 0 Å². The number of fused-ring (bicyclic) bond motifs is 1. The maximum atomic E-state index is 5.01. The quantitative estimate of drug-likeness (QED) is 0.171. The van der Waals surface area contributed by atoms with Crippen LogP contribution in [0.1, 0.15) is 0 Å². The molecule has 0 aliphatic heterocycles.